The highest BCUT2D eigenvalue weighted by atomic mass is 16.7. The summed E-state index contributed by atoms with van der Waals surface area (Å²) in [7, 11) is 0. The highest BCUT2D eigenvalue weighted by Crippen LogP contribution is 2.68. The molecule has 35 heavy (non-hydrogen) atoms. The number of hydrogen-bond acceptors (Lipinski definition) is 6. The van der Waals surface area contributed by atoms with Crippen LogP contribution in [0.5, 0.6) is 0 Å². The van der Waals surface area contributed by atoms with Gasteiger partial charge in [-0.3, -0.25) is 9.59 Å². The van der Waals surface area contributed by atoms with Crippen LogP contribution in [0, 0.1) is 46.3 Å². The van der Waals surface area contributed by atoms with Crippen LogP contribution in [-0.4, -0.2) is 45.3 Å². The predicted octanol–water partition coefficient (Wildman–Crippen LogP) is 4.00. The monoisotopic (exact) mass is 489 g/mol. The molecule has 0 spiro atoms. The van der Waals surface area contributed by atoms with Crippen LogP contribution in [0.25, 0.3) is 0 Å². The minimum atomic E-state index is -0.532. The first-order valence-corrected chi connectivity index (χ1v) is 14.0. The average Bonchev–Trinajstić information content (AvgIpc) is 3.34. The van der Waals surface area contributed by atoms with E-state index in [1.54, 1.807) is 0 Å². The zero-order chi connectivity index (χ0) is 25.1. The number of hydrogen-bond donors (Lipinski definition) is 2. The SMILES string of the molecule is C[C@H](CCC(=O)ON1C(=O)CCC1=O)C1CCC2C3CCC4C[C@H](O)CC[C@]4(C)C3C[C@H](O)[C@@]21C. The number of carbonyl (C=O) groups excluding carboxylic acids is 3. The summed E-state index contributed by atoms with van der Waals surface area (Å²) in [6, 6.07) is 0. The number of aliphatic hydroxyl groups excluding tert-OH is 2. The number of fused-ring (bicyclic) bond motifs is 5. The minimum absolute atomic E-state index is 0.102. The van der Waals surface area contributed by atoms with Gasteiger partial charge in [-0.15, -0.1) is 5.06 Å². The van der Waals surface area contributed by atoms with Gasteiger partial charge in [-0.25, -0.2) is 4.79 Å². The topological polar surface area (TPSA) is 104 Å². The summed E-state index contributed by atoms with van der Waals surface area (Å²) in [6.07, 6.45) is 8.81. The third kappa shape index (κ3) is 4.05. The fourth-order valence-electron chi connectivity index (χ4n) is 9.51. The molecule has 1 heterocycles. The first kappa shape index (κ1) is 25.2. The second kappa shape index (κ2) is 9.13. The van der Waals surface area contributed by atoms with Gasteiger partial charge >= 0.3 is 5.97 Å². The van der Waals surface area contributed by atoms with Crippen molar-refractivity contribution >= 4 is 17.8 Å². The molecule has 2 amide bonds. The van der Waals surface area contributed by atoms with E-state index in [9.17, 15) is 24.6 Å². The Bertz CT molecular complexity index is 860. The van der Waals surface area contributed by atoms with Crippen molar-refractivity contribution in [3.05, 3.63) is 0 Å². The van der Waals surface area contributed by atoms with Crippen LogP contribution in [-0.2, 0) is 19.2 Å². The number of carbonyl (C=O) groups is 3. The van der Waals surface area contributed by atoms with Gasteiger partial charge in [-0.05, 0) is 104 Å². The van der Waals surface area contributed by atoms with E-state index in [-0.39, 0.29) is 48.2 Å². The molecule has 2 N–H and O–H groups in total. The molecule has 1 aliphatic heterocycles. The van der Waals surface area contributed by atoms with Crippen LogP contribution in [0.15, 0.2) is 0 Å². The fourth-order valence-corrected chi connectivity index (χ4v) is 9.51. The van der Waals surface area contributed by atoms with Crippen LogP contribution in [0.2, 0.25) is 0 Å². The Kier molecular flexibility index (Phi) is 6.57. The van der Waals surface area contributed by atoms with Crippen LogP contribution in [0.4, 0.5) is 0 Å². The fraction of sp³-hybridized carbons (Fsp3) is 0.893. The van der Waals surface area contributed by atoms with Crippen LogP contribution in [0.3, 0.4) is 0 Å². The molecule has 1 saturated heterocycles. The Morgan fingerprint density at radius 3 is 2.46 bits per heavy atom. The molecule has 4 saturated carbocycles. The first-order valence-electron chi connectivity index (χ1n) is 14.0. The second-order valence-electron chi connectivity index (χ2n) is 12.9. The molecule has 0 aromatic rings. The van der Waals surface area contributed by atoms with Gasteiger partial charge in [-0.2, -0.15) is 0 Å². The standard InChI is InChI=1S/C28H43NO6/c1-16(4-11-26(34)35-29-24(32)9-10-25(29)33)20-7-8-21-19-6-5-17-14-18(30)12-13-27(17,2)22(19)15-23(31)28(20,21)3/h16-23,30-31H,4-15H2,1-3H3/t16-,17?,18-,19?,20?,21?,22?,23+,27+,28-/m1/s1. The summed E-state index contributed by atoms with van der Waals surface area (Å²) in [5, 5.41) is 22.6. The van der Waals surface area contributed by atoms with E-state index in [0.29, 0.717) is 41.1 Å². The second-order valence-corrected chi connectivity index (χ2v) is 12.9. The zero-order valence-electron chi connectivity index (χ0n) is 21.6. The summed E-state index contributed by atoms with van der Waals surface area (Å²) in [5.74, 6) is 1.39. The van der Waals surface area contributed by atoms with Crippen molar-refractivity contribution in [2.75, 3.05) is 0 Å². The Balaban J connectivity index is 1.24. The molecule has 5 aliphatic rings. The first-order chi connectivity index (χ1) is 16.6. The molecule has 10 atom stereocenters. The lowest BCUT2D eigenvalue weighted by Gasteiger charge is -2.62. The van der Waals surface area contributed by atoms with Gasteiger partial charge in [0.2, 0.25) is 0 Å². The molecule has 4 aliphatic carbocycles. The number of aliphatic hydroxyl groups is 2. The van der Waals surface area contributed by atoms with Crippen molar-refractivity contribution in [2.24, 2.45) is 46.3 Å². The van der Waals surface area contributed by atoms with Crippen LogP contribution >= 0.6 is 0 Å². The number of rotatable bonds is 5. The Morgan fingerprint density at radius 1 is 1.03 bits per heavy atom. The van der Waals surface area contributed by atoms with Crippen molar-refractivity contribution in [3.8, 4) is 0 Å². The maximum atomic E-state index is 12.4. The van der Waals surface area contributed by atoms with Crippen LogP contribution < -0.4 is 0 Å². The zero-order valence-corrected chi connectivity index (χ0v) is 21.6. The molecule has 0 aromatic heterocycles. The van der Waals surface area contributed by atoms with E-state index in [1.807, 2.05) is 0 Å². The highest BCUT2D eigenvalue weighted by Gasteiger charge is 2.63. The van der Waals surface area contributed by atoms with Crippen molar-refractivity contribution < 1.29 is 29.4 Å². The van der Waals surface area contributed by atoms with E-state index in [1.165, 1.54) is 12.8 Å². The molecule has 0 radical (unpaired) electrons. The van der Waals surface area contributed by atoms with E-state index >= 15 is 0 Å². The van der Waals surface area contributed by atoms with E-state index in [2.05, 4.69) is 20.8 Å². The summed E-state index contributed by atoms with van der Waals surface area (Å²) in [6.45, 7) is 6.91. The van der Waals surface area contributed by atoms with Crippen molar-refractivity contribution in [2.45, 2.75) is 110 Å². The van der Waals surface area contributed by atoms with E-state index in [4.69, 9.17) is 4.84 Å². The maximum absolute atomic E-state index is 12.4. The van der Waals surface area contributed by atoms with Crippen molar-refractivity contribution in [3.63, 3.8) is 0 Å². The van der Waals surface area contributed by atoms with Gasteiger partial charge in [-0.1, -0.05) is 20.8 Å². The molecule has 7 nitrogen and oxygen atoms in total. The summed E-state index contributed by atoms with van der Waals surface area (Å²) in [4.78, 5) is 40.9. The van der Waals surface area contributed by atoms with Crippen LogP contribution in [0.1, 0.15) is 97.8 Å². The average molecular weight is 490 g/mol. The molecule has 7 heteroatoms. The number of nitrogens with zero attached hydrogens (tertiary/aromatic N) is 1. The van der Waals surface area contributed by atoms with Gasteiger partial charge in [0.15, 0.2) is 0 Å². The lowest BCUT2D eigenvalue weighted by molar-refractivity contribution is -0.198. The third-order valence-corrected chi connectivity index (χ3v) is 11.5. The summed E-state index contributed by atoms with van der Waals surface area (Å²) < 4.78 is 0. The lowest BCUT2D eigenvalue weighted by Crippen LogP contribution is -2.58. The van der Waals surface area contributed by atoms with Gasteiger partial charge in [0.25, 0.3) is 11.8 Å². The van der Waals surface area contributed by atoms with E-state index < -0.39 is 17.8 Å². The number of hydroxylamine groups is 2. The predicted molar refractivity (Wildman–Crippen MR) is 128 cm³/mol. The normalized spacial score (nSPS) is 46.1. The molecule has 5 unspecified atom stereocenters. The summed E-state index contributed by atoms with van der Waals surface area (Å²) in [5.41, 5.74) is 0.0745. The van der Waals surface area contributed by atoms with Gasteiger partial charge in [0, 0.05) is 19.3 Å². The largest absolute Gasteiger partial charge is 0.393 e. The Hall–Kier alpha value is -1.47. The minimum Gasteiger partial charge on any atom is -0.393 e. The molecular formula is C28H43NO6. The lowest BCUT2D eigenvalue weighted by atomic mass is 9.43. The van der Waals surface area contributed by atoms with E-state index in [0.717, 1.165) is 38.5 Å². The number of imide groups is 1. The van der Waals surface area contributed by atoms with Crippen molar-refractivity contribution in [1.82, 2.24) is 5.06 Å². The smallest absolute Gasteiger partial charge is 0.333 e. The molecular weight excluding hydrogens is 446 g/mol. The molecule has 5 rings (SSSR count). The van der Waals surface area contributed by atoms with Gasteiger partial charge < -0.3 is 15.1 Å². The molecule has 196 valence electrons. The van der Waals surface area contributed by atoms with Crippen molar-refractivity contribution in [1.29, 1.82) is 0 Å². The summed E-state index contributed by atoms with van der Waals surface area (Å²) >= 11 is 0. The third-order valence-electron chi connectivity index (χ3n) is 11.5. The molecule has 0 aromatic carbocycles. The Morgan fingerprint density at radius 2 is 1.74 bits per heavy atom. The maximum Gasteiger partial charge on any atom is 0.333 e. The molecule has 5 fully saturated rings. The van der Waals surface area contributed by atoms with Gasteiger partial charge in [0.05, 0.1) is 12.2 Å². The van der Waals surface area contributed by atoms with Gasteiger partial charge in [0.1, 0.15) is 0 Å². The number of amides is 2. The molecule has 0 bridgehead atoms. The quantitative estimate of drug-likeness (QED) is 0.566. The highest BCUT2D eigenvalue weighted by molar-refractivity contribution is 6.01. The Labute approximate surface area is 208 Å².